The predicted molar refractivity (Wildman–Crippen MR) is 230 cm³/mol. The van der Waals surface area contributed by atoms with E-state index in [1.807, 2.05) is 41.0 Å². The first-order valence-corrected chi connectivity index (χ1v) is 20.6. The van der Waals surface area contributed by atoms with Crippen LogP contribution in [-0.4, -0.2) is 55.4 Å². The first-order valence-electron chi connectivity index (χ1n) is 20.6. The molecule has 0 bridgehead atoms. The molecule has 0 aliphatic heterocycles. The van der Waals surface area contributed by atoms with Crippen LogP contribution in [0.5, 0.6) is 0 Å². The quantitative estimate of drug-likeness (QED) is 0.0512. The largest absolute Gasteiger partial charge is 0.450 e. The number of hydrogen-bond donors (Lipinski definition) is 2. The van der Waals surface area contributed by atoms with Crippen molar-refractivity contribution in [3.05, 3.63) is 132 Å². The molecule has 3 heterocycles. The first-order chi connectivity index (χ1) is 28.1. The van der Waals surface area contributed by atoms with Gasteiger partial charge in [-0.3, -0.25) is 18.9 Å². The van der Waals surface area contributed by atoms with Crippen LogP contribution in [-0.2, 0) is 22.6 Å². The summed E-state index contributed by atoms with van der Waals surface area (Å²) in [4.78, 5) is 47.1. The monoisotopic (exact) mass is 773 g/mol. The van der Waals surface area contributed by atoms with Crippen molar-refractivity contribution in [2.24, 2.45) is 0 Å². The van der Waals surface area contributed by atoms with Crippen LogP contribution in [0, 0.1) is 0 Å². The smallest absolute Gasteiger partial charge is 0.407 e. The van der Waals surface area contributed by atoms with E-state index in [0.29, 0.717) is 45.4 Å². The Labute approximate surface area is 336 Å². The summed E-state index contributed by atoms with van der Waals surface area (Å²) in [6, 6.07) is 10.1. The molecule has 3 aromatic heterocycles. The summed E-state index contributed by atoms with van der Waals surface area (Å²) in [5.74, 6) is 0.751. The van der Waals surface area contributed by atoms with Crippen LogP contribution >= 0.6 is 0 Å². The number of allylic oxidation sites excluding steroid dienone is 12. The zero-order chi connectivity index (χ0) is 39.9. The van der Waals surface area contributed by atoms with E-state index in [0.717, 1.165) is 85.7 Å². The number of benzene rings is 1. The summed E-state index contributed by atoms with van der Waals surface area (Å²) >= 11 is 0. The number of amides is 2. The molecule has 2 N–H and O–H groups in total. The SMILES string of the molecule is CCC=CCC=CCC=CCC=CCC=CCC=CCCC(=O)NCCNC(=O)OCCCCn1c(Cn2c(=O)n(C3CC3)c3ccncc32)nc2ccccc21. The Hall–Kier alpha value is -5.71. The number of fused-ring (bicyclic) bond motifs is 2. The van der Waals surface area contributed by atoms with Gasteiger partial charge in [0.2, 0.25) is 5.91 Å². The molecule has 1 aromatic carbocycles. The molecule has 0 unspecified atom stereocenters. The van der Waals surface area contributed by atoms with E-state index in [1.54, 1.807) is 17.0 Å². The van der Waals surface area contributed by atoms with Crippen molar-refractivity contribution in [2.45, 2.75) is 103 Å². The zero-order valence-electron chi connectivity index (χ0n) is 33.4. The molecule has 4 aromatic rings. The lowest BCUT2D eigenvalue weighted by molar-refractivity contribution is -0.120. The van der Waals surface area contributed by atoms with Crippen molar-refractivity contribution in [2.75, 3.05) is 19.7 Å². The Balaban J connectivity index is 0.902. The molecule has 11 nitrogen and oxygen atoms in total. The Morgan fingerprint density at radius 1 is 0.772 bits per heavy atom. The fourth-order valence-corrected chi connectivity index (χ4v) is 6.50. The fraction of sp³-hybridized carbons (Fsp3) is 0.413. The number of alkyl carbamates (subject to hydrolysis) is 1. The number of para-hydroxylation sites is 2. The molecule has 11 heteroatoms. The summed E-state index contributed by atoms with van der Waals surface area (Å²) in [7, 11) is 0. The van der Waals surface area contributed by atoms with Gasteiger partial charge in [0.15, 0.2) is 0 Å². The minimum absolute atomic E-state index is 0.0287. The van der Waals surface area contributed by atoms with Gasteiger partial charge in [-0.2, -0.15) is 0 Å². The van der Waals surface area contributed by atoms with Gasteiger partial charge in [-0.25, -0.2) is 14.6 Å². The number of pyridine rings is 1. The van der Waals surface area contributed by atoms with Crippen LogP contribution in [0.3, 0.4) is 0 Å². The number of carbonyl (C=O) groups excluding carboxylic acids is 2. The van der Waals surface area contributed by atoms with E-state index in [2.05, 4.69) is 93.9 Å². The van der Waals surface area contributed by atoms with Gasteiger partial charge >= 0.3 is 11.8 Å². The van der Waals surface area contributed by atoms with Crippen molar-refractivity contribution in [1.82, 2.24) is 34.3 Å². The minimum atomic E-state index is -0.504. The third kappa shape index (κ3) is 14.1. The lowest BCUT2D eigenvalue weighted by Crippen LogP contribution is -2.35. The van der Waals surface area contributed by atoms with Crippen LogP contribution < -0.4 is 16.3 Å². The lowest BCUT2D eigenvalue weighted by atomic mass is 10.2. The third-order valence-electron chi connectivity index (χ3n) is 9.57. The normalized spacial score (nSPS) is 13.6. The van der Waals surface area contributed by atoms with Gasteiger partial charge in [0.05, 0.1) is 41.4 Å². The Morgan fingerprint density at radius 3 is 2.11 bits per heavy atom. The van der Waals surface area contributed by atoms with Gasteiger partial charge in [0.25, 0.3) is 0 Å². The maximum absolute atomic E-state index is 13.5. The molecular formula is C46H59N7O4. The number of imidazole rings is 2. The summed E-state index contributed by atoms with van der Waals surface area (Å²) in [5, 5.41) is 5.54. The second kappa shape index (κ2) is 24.0. The number of carbonyl (C=O) groups is 2. The molecule has 57 heavy (non-hydrogen) atoms. The average Bonchev–Trinajstić information content (AvgIpc) is 3.94. The Morgan fingerprint density at radius 2 is 1.42 bits per heavy atom. The standard InChI is InChI=1S/C46H59N7O4/c1-2-3-4-5-6-7-8-9-10-11-12-13-14-15-16-17-18-19-20-27-44(54)48-32-33-49-45(55)57-35-24-23-34-51-40-26-22-21-25-39(40)50-43(51)37-52-42-36-47-31-30-41(42)53(46(52)56)38-28-29-38/h3-4,6-7,9-10,12-13,15-16,18-19,21-22,25-26,30-31,36,38H,2,5,8,11,14,17,20,23-24,27-29,32-35,37H2,1H3,(H,48,54)(H,49,55). The maximum Gasteiger partial charge on any atom is 0.407 e. The van der Waals surface area contributed by atoms with E-state index in [9.17, 15) is 14.4 Å². The summed E-state index contributed by atoms with van der Waals surface area (Å²) in [5.41, 5.74) is 3.57. The maximum atomic E-state index is 13.5. The number of nitrogens with zero attached hydrogens (tertiary/aromatic N) is 5. The van der Waals surface area contributed by atoms with Crippen molar-refractivity contribution >= 4 is 34.1 Å². The van der Waals surface area contributed by atoms with Crippen molar-refractivity contribution in [3.8, 4) is 0 Å². The summed E-state index contributed by atoms with van der Waals surface area (Å²) < 4.78 is 11.2. The summed E-state index contributed by atoms with van der Waals surface area (Å²) in [6.07, 6.45) is 39.3. The average molecular weight is 774 g/mol. The topological polar surface area (TPSA) is 125 Å². The van der Waals surface area contributed by atoms with E-state index in [4.69, 9.17) is 9.72 Å². The number of aryl methyl sites for hydroxylation is 1. The number of rotatable bonds is 25. The number of hydrogen-bond acceptors (Lipinski definition) is 6. The van der Waals surface area contributed by atoms with Crippen molar-refractivity contribution in [3.63, 3.8) is 0 Å². The van der Waals surface area contributed by atoms with Crippen LogP contribution in [0.15, 0.2) is 120 Å². The predicted octanol–water partition coefficient (Wildman–Crippen LogP) is 9.03. The van der Waals surface area contributed by atoms with Crippen molar-refractivity contribution in [1.29, 1.82) is 0 Å². The number of nitrogens with one attached hydrogen (secondary N) is 2. The van der Waals surface area contributed by atoms with Crippen molar-refractivity contribution < 1.29 is 14.3 Å². The van der Waals surface area contributed by atoms with Gasteiger partial charge < -0.3 is 19.9 Å². The molecule has 0 radical (unpaired) electrons. The molecule has 0 saturated heterocycles. The van der Waals surface area contributed by atoms with E-state index < -0.39 is 6.09 Å². The highest BCUT2D eigenvalue weighted by Crippen LogP contribution is 2.36. The molecule has 1 saturated carbocycles. The fourth-order valence-electron chi connectivity index (χ4n) is 6.50. The molecule has 0 atom stereocenters. The molecule has 1 aliphatic rings. The van der Waals surface area contributed by atoms with Gasteiger partial charge in [-0.15, -0.1) is 0 Å². The van der Waals surface area contributed by atoms with E-state index in [-0.39, 0.29) is 24.2 Å². The highest BCUT2D eigenvalue weighted by molar-refractivity contribution is 5.77. The molecule has 302 valence electrons. The second-order valence-electron chi connectivity index (χ2n) is 14.1. The Bertz CT molecular complexity index is 2110. The second-order valence-corrected chi connectivity index (χ2v) is 14.1. The van der Waals surface area contributed by atoms with Crippen LogP contribution in [0.1, 0.15) is 95.8 Å². The molecular weight excluding hydrogens is 715 g/mol. The highest BCUT2D eigenvalue weighted by Gasteiger charge is 2.29. The van der Waals surface area contributed by atoms with Crippen LogP contribution in [0.2, 0.25) is 0 Å². The van der Waals surface area contributed by atoms with Gasteiger partial charge in [-0.1, -0.05) is 92.0 Å². The van der Waals surface area contributed by atoms with E-state index in [1.165, 1.54) is 0 Å². The molecule has 1 aliphatic carbocycles. The minimum Gasteiger partial charge on any atom is -0.450 e. The number of unbranched alkanes of at least 4 members (excludes halogenated alkanes) is 1. The van der Waals surface area contributed by atoms with Gasteiger partial charge in [0, 0.05) is 38.3 Å². The molecule has 0 spiro atoms. The van der Waals surface area contributed by atoms with Gasteiger partial charge in [0.1, 0.15) is 5.82 Å². The first kappa shape index (κ1) is 42.4. The summed E-state index contributed by atoms with van der Waals surface area (Å²) in [6.45, 7) is 4.06. The van der Waals surface area contributed by atoms with Gasteiger partial charge in [-0.05, 0) is 88.8 Å². The molecule has 1 fully saturated rings. The van der Waals surface area contributed by atoms with E-state index >= 15 is 0 Å². The third-order valence-corrected chi connectivity index (χ3v) is 9.57. The Kier molecular flexibility index (Phi) is 17.9. The molecule has 2 amide bonds. The highest BCUT2D eigenvalue weighted by atomic mass is 16.5. The van der Waals surface area contributed by atoms with Crippen LogP contribution in [0.4, 0.5) is 4.79 Å². The van der Waals surface area contributed by atoms with Crippen LogP contribution in [0.25, 0.3) is 22.1 Å². The number of ether oxygens (including phenoxy) is 1. The lowest BCUT2D eigenvalue weighted by Gasteiger charge is -2.11. The molecule has 5 rings (SSSR count). The number of aromatic nitrogens is 5. The zero-order valence-corrected chi connectivity index (χ0v) is 33.4.